The summed E-state index contributed by atoms with van der Waals surface area (Å²) in [7, 11) is 1.08. The molecule has 3 rings (SSSR count). The summed E-state index contributed by atoms with van der Waals surface area (Å²) in [6.07, 6.45) is -9.01. The summed E-state index contributed by atoms with van der Waals surface area (Å²) in [5, 5.41) is 3.37. The largest absolute Gasteiger partial charge is 0.469 e. The van der Waals surface area contributed by atoms with Crippen molar-refractivity contribution < 1.29 is 35.9 Å². The zero-order valence-electron chi connectivity index (χ0n) is 18.6. The summed E-state index contributed by atoms with van der Waals surface area (Å²) in [5.41, 5.74) is -0.00816. The number of ether oxygens (including phenoxy) is 1. The van der Waals surface area contributed by atoms with Crippen LogP contribution in [0.2, 0.25) is 0 Å². The molecular weight excluding hydrogens is 448 g/mol. The molecule has 3 atom stereocenters. The number of hydrogen-bond acceptors (Lipinski definition) is 3. The highest BCUT2D eigenvalue weighted by molar-refractivity contribution is 5.81. The van der Waals surface area contributed by atoms with E-state index in [2.05, 4.69) is 5.32 Å². The van der Waals surface area contributed by atoms with E-state index in [4.69, 9.17) is 4.74 Å². The molecule has 1 N–H and O–H groups in total. The number of nitrogens with one attached hydrogen (secondary N) is 1. The molecule has 1 aliphatic heterocycles. The van der Waals surface area contributed by atoms with Gasteiger partial charge in [-0.1, -0.05) is 13.0 Å². The third kappa shape index (κ3) is 5.12. The second kappa shape index (κ2) is 8.91. The normalized spacial score (nSPS) is 19.5. The Hall–Kier alpha value is -2.71. The highest BCUT2D eigenvalue weighted by Gasteiger charge is 2.42. The minimum absolute atomic E-state index is 0.0660. The van der Waals surface area contributed by atoms with Gasteiger partial charge < -0.3 is 10.1 Å². The Morgan fingerprint density at radius 1 is 1.00 bits per heavy atom. The number of benzene rings is 2. The zero-order chi connectivity index (χ0) is 24.7. The molecule has 33 heavy (non-hydrogen) atoms. The number of alkyl halides is 6. The number of carbonyl (C=O) groups is 1. The molecule has 1 aliphatic rings. The Bertz CT molecular complexity index is 1010. The summed E-state index contributed by atoms with van der Waals surface area (Å²) in [6.45, 7) is 5.68. The molecule has 0 fully saturated rings. The van der Waals surface area contributed by atoms with Gasteiger partial charge in [0, 0.05) is 17.6 Å². The lowest BCUT2D eigenvalue weighted by atomic mass is 9.73. The van der Waals surface area contributed by atoms with Crippen molar-refractivity contribution in [2.45, 2.75) is 63.8 Å². The van der Waals surface area contributed by atoms with E-state index in [1.807, 2.05) is 32.9 Å². The Labute approximate surface area is 188 Å². The van der Waals surface area contributed by atoms with Crippen LogP contribution in [0.25, 0.3) is 0 Å². The van der Waals surface area contributed by atoms with E-state index in [1.165, 1.54) is 0 Å². The quantitative estimate of drug-likeness (QED) is 0.385. The summed E-state index contributed by atoms with van der Waals surface area (Å²) in [5.74, 6) is -2.88. The fourth-order valence-corrected chi connectivity index (χ4v) is 4.39. The Kier molecular flexibility index (Phi) is 6.73. The van der Waals surface area contributed by atoms with Crippen molar-refractivity contribution in [3.8, 4) is 0 Å². The van der Waals surface area contributed by atoms with Crippen LogP contribution in [0, 0.1) is 13.8 Å². The van der Waals surface area contributed by atoms with Crippen molar-refractivity contribution in [2.75, 3.05) is 12.4 Å². The fourth-order valence-electron chi connectivity index (χ4n) is 4.39. The van der Waals surface area contributed by atoms with E-state index >= 15 is 0 Å². The molecular formula is C24H25F6NO2. The number of hydrogen-bond donors (Lipinski definition) is 1. The van der Waals surface area contributed by atoms with E-state index in [-0.39, 0.29) is 17.7 Å². The van der Waals surface area contributed by atoms with Crippen LogP contribution in [0.1, 0.15) is 65.0 Å². The molecule has 0 saturated heterocycles. The van der Waals surface area contributed by atoms with Gasteiger partial charge in [0.05, 0.1) is 24.2 Å². The van der Waals surface area contributed by atoms with Gasteiger partial charge in [0.1, 0.15) is 0 Å². The van der Waals surface area contributed by atoms with E-state index in [0.717, 1.165) is 23.9 Å². The van der Waals surface area contributed by atoms with Crippen LogP contribution in [0.5, 0.6) is 0 Å². The van der Waals surface area contributed by atoms with E-state index in [9.17, 15) is 31.1 Å². The average molecular weight is 473 g/mol. The Morgan fingerprint density at radius 2 is 1.55 bits per heavy atom. The number of halogens is 6. The number of rotatable bonds is 4. The first-order chi connectivity index (χ1) is 15.3. The van der Waals surface area contributed by atoms with Gasteiger partial charge >= 0.3 is 18.3 Å². The average Bonchev–Trinajstić information content (AvgIpc) is 2.73. The first kappa shape index (κ1) is 24.9. The maximum absolute atomic E-state index is 13.5. The second-order valence-electron chi connectivity index (χ2n) is 8.46. The maximum Gasteiger partial charge on any atom is 0.416 e. The minimum atomic E-state index is -5.01. The number of fused-ring (bicyclic) bond motifs is 1. The monoisotopic (exact) mass is 473 g/mol. The van der Waals surface area contributed by atoms with Gasteiger partial charge in [-0.3, -0.25) is 4.79 Å². The SMILES string of the molecule is CC[C@H]1C[C@@H](C(C(=O)OC)c2cc(C(F)(F)F)cc(C(F)(F)F)c2)c2cc(C)c(C)cc2N1. The molecule has 0 saturated carbocycles. The van der Waals surface area contributed by atoms with Gasteiger partial charge in [-0.15, -0.1) is 0 Å². The Balaban J connectivity index is 2.26. The number of carbonyl (C=O) groups excluding carboxylic acids is 1. The molecule has 0 amide bonds. The molecule has 0 aromatic heterocycles. The van der Waals surface area contributed by atoms with Crippen molar-refractivity contribution in [3.63, 3.8) is 0 Å². The highest BCUT2D eigenvalue weighted by atomic mass is 19.4. The van der Waals surface area contributed by atoms with Gasteiger partial charge in [-0.05, 0) is 73.2 Å². The van der Waals surface area contributed by atoms with Crippen molar-refractivity contribution in [1.29, 1.82) is 0 Å². The van der Waals surface area contributed by atoms with Crippen LogP contribution >= 0.6 is 0 Å². The van der Waals surface area contributed by atoms with Gasteiger partial charge in [-0.2, -0.15) is 26.3 Å². The number of esters is 1. The van der Waals surface area contributed by atoms with Crippen LogP contribution < -0.4 is 5.32 Å². The molecule has 1 heterocycles. The van der Waals surface area contributed by atoms with E-state index < -0.39 is 41.3 Å². The first-order valence-corrected chi connectivity index (χ1v) is 10.5. The molecule has 3 nitrogen and oxygen atoms in total. The van der Waals surface area contributed by atoms with Crippen LogP contribution in [-0.4, -0.2) is 19.1 Å². The molecule has 2 aromatic rings. The molecule has 0 aliphatic carbocycles. The van der Waals surface area contributed by atoms with Gasteiger partial charge in [0.25, 0.3) is 0 Å². The first-order valence-electron chi connectivity index (χ1n) is 10.5. The topological polar surface area (TPSA) is 38.3 Å². The Morgan fingerprint density at radius 3 is 2.03 bits per heavy atom. The molecule has 9 heteroatoms. The summed E-state index contributed by atoms with van der Waals surface area (Å²) < 4.78 is 85.8. The summed E-state index contributed by atoms with van der Waals surface area (Å²) in [4.78, 5) is 12.9. The number of anilines is 1. The van der Waals surface area contributed by atoms with Crippen LogP contribution in [0.4, 0.5) is 32.0 Å². The predicted octanol–water partition coefficient (Wildman–Crippen LogP) is 6.98. The minimum Gasteiger partial charge on any atom is -0.469 e. The second-order valence-corrected chi connectivity index (χ2v) is 8.46. The highest BCUT2D eigenvalue weighted by Crippen LogP contribution is 2.47. The van der Waals surface area contributed by atoms with Crippen LogP contribution in [0.15, 0.2) is 30.3 Å². The molecule has 0 spiro atoms. The van der Waals surface area contributed by atoms with Gasteiger partial charge in [-0.25, -0.2) is 0 Å². The molecule has 0 radical (unpaired) electrons. The zero-order valence-corrected chi connectivity index (χ0v) is 18.6. The van der Waals surface area contributed by atoms with Crippen LogP contribution in [0.3, 0.4) is 0 Å². The van der Waals surface area contributed by atoms with Crippen molar-refractivity contribution >= 4 is 11.7 Å². The van der Waals surface area contributed by atoms with Crippen molar-refractivity contribution in [2.24, 2.45) is 0 Å². The van der Waals surface area contributed by atoms with E-state index in [0.29, 0.717) is 30.5 Å². The summed E-state index contributed by atoms with van der Waals surface area (Å²) >= 11 is 0. The van der Waals surface area contributed by atoms with Gasteiger partial charge in [0.15, 0.2) is 0 Å². The molecule has 1 unspecified atom stereocenters. The predicted molar refractivity (Wildman–Crippen MR) is 112 cm³/mol. The van der Waals surface area contributed by atoms with Crippen molar-refractivity contribution in [1.82, 2.24) is 0 Å². The molecule has 0 bridgehead atoms. The fraction of sp³-hybridized carbons (Fsp3) is 0.458. The third-order valence-electron chi connectivity index (χ3n) is 6.28. The van der Waals surface area contributed by atoms with Crippen LogP contribution in [-0.2, 0) is 21.9 Å². The van der Waals surface area contributed by atoms with Gasteiger partial charge in [0.2, 0.25) is 0 Å². The molecule has 180 valence electrons. The lowest BCUT2D eigenvalue weighted by Crippen LogP contribution is -2.33. The number of methoxy groups -OCH3 is 1. The standard InChI is InChI=1S/C24H25F6NO2/c1-5-17-11-19(18-6-12(2)13(3)7-20(18)31-17)21(22(32)33-4)14-8-15(23(25,26)27)10-16(9-14)24(28,29)30/h6-10,17,19,21,31H,5,11H2,1-4H3/t17-,19+,21?/m0/s1. The van der Waals surface area contributed by atoms with E-state index in [1.54, 1.807) is 0 Å². The molecule has 2 aromatic carbocycles. The lowest BCUT2D eigenvalue weighted by molar-refractivity contribution is -0.145. The van der Waals surface area contributed by atoms with Crippen molar-refractivity contribution in [3.05, 3.63) is 63.7 Å². The third-order valence-corrected chi connectivity index (χ3v) is 6.28. The maximum atomic E-state index is 13.5. The number of aryl methyl sites for hydroxylation is 2. The summed E-state index contributed by atoms with van der Waals surface area (Å²) in [6, 6.07) is 4.94. The smallest absolute Gasteiger partial charge is 0.416 e. The lowest BCUT2D eigenvalue weighted by Gasteiger charge is -2.37.